The van der Waals surface area contributed by atoms with Gasteiger partial charge >= 0.3 is 0 Å². The first-order valence-electron chi connectivity index (χ1n) is 8.56. The lowest BCUT2D eigenvalue weighted by Gasteiger charge is -2.23. The molecule has 2 aromatic heterocycles. The summed E-state index contributed by atoms with van der Waals surface area (Å²) < 4.78 is 10.5. The van der Waals surface area contributed by atoms with Gasteiger partial charge < -0.3 is 19.2 Å². The summed E-state index contributed by atoms with van der Waals surface area (Å²) in [6, 6.07) is 2.16. The van der Waals surface area contributed by atoms with E-state index in [1.54, 1.807) is 19.2 Å². The predicted octanol–water partition coefficient (Wildman–Crippen LogP) is 1.81. The van der Waals surface area contributed by atoms with Crippen molar-refractivity contribution in [2.75, 3.05) is 32.0 Å². The molecule has 3 heterocycles. The molecule has 3 rings (SSSR count). The molecule has 0 aliphatic carbocycles. The van der Waals surface area contributed by atoms with E-state index in [2.05, 4.69) is 32.3 Å². The van der Waals surface area contributed by atoms with E-state index >= 15 is 0 Å². The second-order valence-electron chi connectivity index (χ2n) is 6.64. The summed E-state index contributed by atoms with van der Waals surface area (Å²) in [7, 11) is 2.09. The van der Waals surface area contributed by atoms with Crippen LogP contribution in [0.15, 0.2) is 21.2 Å². The zero-order valence-corrected chi connectivity index (χ0v) is 15.0. The summed E-state index contributed by atoms with van der Waals surface area (Å²) in [5, 5.41) is 6.52. The summed E-state index contributed by atoms with van der Waals surface area (Å²) in [6.45, 7) is 7.09. The molecule has 2 aromatic rings. The molecule has 1 fully saturated rings. The second-order valence-corrected chi connectivity index (χ2v) is 6.64. The Kier molecular flexibility index (Phi) is 5.50. The van der Waals surface area contributed by atoms with Gasteiger partial charge in [-0.05, 0) is 33.9 Å². The van der Waals surface area contributed by atoms with Crippen molar-refractivity contribution in [3.05, 3.63) is 29.7 Å². The van der Waals surface area contributed by atoms with E-state index < -0.39 is 0 Å². The fraction of sp³-hybridized carbons (Fsp3) is 0.588. The third-order valence-corrected chi connectivity index (χ3v) is 4.48. The van der Waals surface area contributed by atoms with E-state index in [0.29, 0.717) is 30.6 Å². The van der Waals surface area contributed by atoms with E-state index in [9.17, 15) is 4.79 Å². The van der Waals surface area contributed by atoms with Crippen LogP contribution in [0.1, 0.15) is 30.3 Å². The Morgan fingerprint density at radius 3 is 2.96 bits per heavy atom. The smallest absolute Gasteiger partial charge is 0.226 e. The Hall–Kier alpha value is -2.19. The molecule has 0 aromatic carbocycles. The average Bonchev–Trinajstić information content (AvgIpc) is 3.28. The van der Waals surface area contributed by atoms with Gasteiger partial charge in [0.1, 0.15) is 11.5 Å². The van der Waals surface area contributed by atoms with E-state index in [-0.39, 0.29) is 5.91 Å². The minimum atomic E-state index is -0.0413. The predicted molar refractivity (Wildman–Crippen MR) is 92.0 cm³/mol. The van der Waals surface area contributed by atoms with Crippen LogP contribution in [0, 0.1) is 13.8 Å². The van der Waals surface area contributed by atoms with Crippen molar-refractivity contribution in [2.24, 2.45) is 0 Å². The number of carbonyl (C=O) groups is 1. The first-order valence-corrected chi connectivity index (χ1v) is 8.56. The second kappa shape index (κ2) is 7.79. The monoisotopic (exact) mass is 347 g/mol. The van der Waals surface area contributed by atoms with Crippen molar-refractivity contribution in [1.82, 2.24) is 19.9 Å². The van der Waals surface area contributed by atoms with Crippen LogP contribution in [0.2, 0.25) is 0 Å². The Morgan fingerprint density at radius 2 is 2.28 bits per heavy atom. The Morgan fingerprint density at radius 1 is 1.44 bits per heavy atom. The van der Waals surface area contributed by atoms with Crippen LogP contribution in [0.5, 0.6) is 0 Å². The zero-order chi connectivity index (χ0) is 17.8. The minimum absolute atomic E-state index is 0.0413. The third kappa shape index (κ3) is 4.90. The number of likely N-dealkylation sites (tertiary alicyclic amines) is 1. The largest absolute Gasteiger partial charge is 0.445 e. The summed E-state index contributed by atoms with van der Waals surface area (Å²) in [5.74, 6) is 2.70. The van der Waals surface area contributed by atoms with Gasteiger partial charge in [0.2, 0.25) is 11.8 Å². The number of likely N-dealkylation sites (N-methyl/N-ethyl adjacent to an activating group) is 1. The minimum Gasteiger partial charge on any atom is -0.445 e. The number of aryl methyl sites for hydroxylation is 2. The molecule has 8 nitrogen and oxygen atoms in total. The number of oxazole rings is 1. The van der Waals surface area contributed by atoms with Crippen molar-refractivity contribution in [1.29, 1.82) is 0 Å². The van der Waals surface area contributed by atoms with Crippen LogP contribution in [0.3, 0.4) is 0 Å². The van der Waals surface area contributed by atoms with E-state index in [0.717, 1.165) is 37.7 Å². The number of anilines is 1. The SMILES string of the molecule is Cc1cc(NC(=O)CCN2CCC(N(C)Cc3ncc(C)o3)C2)no1. The lowest BCUT2D eigenvalue weighted by Crippen LogP contribution is -2.35. The van der Waals surface area contributed by atoms with Gasteiger partial charge in [-0.25, -0.2) is 4.98 Å². The van der Waals surface area contributed by atoms with E-state index in [1.165, 1.54) is 0 Å². The molecule has 0 bridgehead atoms. The summed E-state index contributed by atoms with van der Waals surface area (Å²) in [4.78, 5) is 20.8. The molecular weight excluding hydrogens is 322 g/mol. The van der Waals surface area contributed by atoms with Gasteiger partial charge in [0.05, 0.1) is 12.7 Å². The normalized spacial score (nSPS) is 18.2. The maximum absolute atomic E-state index is 12.0. The first kappa shape index (κ1) is 17.6. The number of nitrogens with zero attached hydrogens (tertiary/aromatic N) is 4. The number of hydrogen-bond acceptors (Lipinski definition) is 7. The van der Waals surface area contributed by atoms with Crippen molar-refractivity contribution in [3.8, 4) is 0 Å². The molecule has 0 spiro atoms. The van der Waals surface area contributed by atoms with Crippen LogP contribution in [-0.4, -0.2) is 58.6 Å². The number of aromatic nitrogens is 2. The highest BCUT2D eigenvalue weighted by Gasteiger charge is 2.26. The maximum Gasteiger partial charge on any atom is 0.226 e. The highest BCUT2D eigenvalue weighted by atomic mass is 16.5. The first-order chi connectivity index (χ1) is 12.0. The molecule has 1 aliphatic heterocycles. The molecule has 25 heavy (non-hydrogen) atoms. The zero-order valence-electron chi connectivity index (χ0n) is 15.0. The highest BCUT2D eigenvalue weighted by molar-refractivity contribution is 5.89. The average molecular weight is 347 g/mol. The molecule has 1 saturated heterocycles. The number of amides is 1. The molecule has 136 valence electrons. The number of nitrogens with one attached hydrogen (secondary N) is 1. The molecule has 1 atom stereocenters. The summed E-state index contributed by atoms with van der Waals surface area (Å²) in [5.41, 5.74) is 0. The molecule has 0 radical (unpaired) electrons. The van der Waals surface area contributed by atoms with Gasteiger partial charge in [-0.15, -0.1) is 0 Å². The fourth-order valence-corrected chi connectivity index (χ4v) is 3.08. The van der Waals surface area contributed by atoms with Gasteiger partial charge in [0.15, 0.2) is 5.82 Å². The van der Waals surface area contributed by atoms with E-state index in [1.807, 2.05) is 6.92 Å². The van der Waals surface area contributed by atoms with Crippen molar-refractivity contribution in [3.63, 3.8) is 0 Å². The van der Waals surface area contributed by atoms with Crippen LogP contribution in [-0.2, 0) is 11.3 Å². The lowest BCUT2D eigenvalue weighted by atomic mass is 10.2. The topological polar surface area (TPSA) is 87.6 Å². The van der Waals surface area contributed by atoms with Gasteiger partial charge in [0, 0.05) is 31.6 Å². The van der Waals surface area contributed by atoms with Gasteiger partial charge in [-0.1, -0.05) is 5.16 Å². The summed E-state index contributed by atoms with van der Waals surface area (Å²) in [6.07, 6.45) is 3.28. The Balaban J connectivity index is 1.39. The molecule has 1 amide bonds. The fourth-order valence-electron chi connectivity index (χ4n) is 3.08. The maximum atomic E-state index is 12.0. The number of carbonyl (C=O) groups excluding carboxylic acids is 1. The van der Waals surface area contributed by atoms with Gasteiger partial charge in [-0.3, -0.25) is 9.69 Å². The van der Waals surface area contributed by atoms with Crippen molar-refractivity contribution in [2.45, 2.75) is 39.3 Å². The third-order valence-electron chi connectivity index (χ3n) is 4.48. The van der Waals surface area contributed by atoms with Crippen LogP contribution in [0.4, 0.5) is 5.82 Å². The molecular formula is C17H25N5O3. The standard InChI is InChI=1S/C17H25N5O3/c1-12-8-15(20-25-12)19-16(23)5-7-22-6-4-14(10-22)21(3)11-17-18-9-13(2)24-17/h8-9,14H,4-7,10-11H2,1-3H3,(H,19,20,23). The number of rotatable bonds is 7. The van der Waals surface area contributed by atoms with Gasteiger partial charge in [-0.2, -0.15) is 0 Å². The van der Waals surface area contributed by atoms with Gasteiger partial charge in [0.25, 0.3) is 0 Å². The van der Waals surface area contributed by atoms with Crippen LogP contribution >= 0.6 is 0 Å². The molecule has 1 N–H and O–H groups in total. The van der Waals surface area contributed by atoms with Crippen LogP contribution in [0.25, 0.3) is 0 Å². The molecule has 0 saturated carbocycles. The van der Waals surface area contributed by atoms with Crippen molar-refractivity contribution < 1.29 is 13.7 Å². The van der Waals surface area contributed by atoms with Crippen molar-refractivity contribution >= 4 is 11.7 Å². The molecule has 1 aliphatic rings. The molecule has 8 heteroatoms. The van der Waals surface area contributed by atoms with E-state index in [4.69, 9.17) is 8.94 Å². The molecule has 1 unspecified atom stereocenters. The van der Waals surface area contributed by atoms with Crippen LogP contribution < -0.4 is 5.32 Å². The lowest BCUT2D eigenvalue weighted by molar-refractivity contribution is -0.116. The number of hydrogen-bond donors (Lipinski definition) is 1. The highest BCUT2D eigenvalue weighted by Crippen LogP contribution is 2.17. The summed E-state index contributed by atoms with van der Waals surface area (Å²) >= 11 is 0. The Labute approximate surface area is 147 Å². The quantitative estimate of drug-likeness (QED) is 0.817. The Bertz CT molecular complexity index is 711.